The normalized spacial score (nSPS) is 17.8. The number of rotatable bonds is 4. The lowest BCUT2D eigenvalue weighted by Crippen LogP contribution is -2.28. The van der Waals surface area contributed by atoms with E-state index in [9.17, 15) is 0 Å². The van der Waals surface area contributed by atoms with E-state index in [4.69, 9.17) is 5.73 Å². The number of aryl methyl sites for hydroxylation is 1. The molecule has 1 saturated heterocycles. The Bertz CT molecular complexity index is 347. The van der Waals surface area contributed by atoms with Gasteiger partial charge in [0.15, 0.2) is 0 Å². The number of hydrogen-bond donors (Lipinski definition) is 1. The molecule has 0 unspecified atom stereocenters. The van der Waals surface area contributed by atoms with Gasteiger partial charge in [0.25, 0.3) is 0 Å². The highest BCUT2D eigenvalue weighted by Crippen LogP contribution is 2.17. The van der Waals surface area contributed by atoms with Crippen molar-refractivity contribution >= 4 is 5.69 Å². The Labute approximate surface area is 111 Å². The SMILES string of the molecule is CN1CCCN(c2ccc(CCCN)cc2)CC1. The third kappa shape index (κ3) is 3.72. The van der Waals surface area contributed by atoms with Gasteiger partial charge in [-0.3, -0.25) is 0 Å². The molecule has 3 nitrogen and oxygen atoms in total. The van der Waals surface area contributed by atoms with E-state index in [1.165, 1.54) is 30.8 Å². The van der Waals surface area contributed by atoms with Crippen LogP contribution in [0.5, 0.6) is 0 Å². The Balaban J connectivity index is 1.95. The van der Waals surface area contributed by atoms with Gasteiger partial charge in [0.2, 0.25) is 0 Å². The predicted octanol–water partition coefficient (Wildman–Crippen LogP) is 1.72. The molecule has 0 atom stereocenters. The second kappa shape index (κ2) is 6.76. The lowest BCUT2D eigenvalue weighted by Gasteiger charge is -2.23. The van der Waals surface area contributed by atoms with Crippen LogP contribution in [0.2, 0.25) is 0 Å². The van der Waals surface area contributed by atoms with Gasteiger partial charge >= 0.3 is 0 Å². The van der Waals surface area contributed by atoms with Gasteiger partial charge in [-0.1, -0.05) is 12.1 Å². The summed E-state index contributed by atoms with van der Waals surface area (Å²) in [6.07, 6.45) is 3.43. The first-order chi connectivity index (χ1) is 8.79. The van der Waals surface area contributed by atoms with Crippen LogP contribution >= 0.6 is 0 Å². The Morgan fingerprint density at radius 2 is 1.83 bits per heavy atom. The quantitative estimate of drug-likeness (QED) is 0.879. The maximum atomic E-state index is 5.54. The number of nitrogens with zero attached hydrogens (tertiary/aromatic N) is 2. The van der Waals surface area contributed by atoms with Crippen molar-refractivity contribution < 1.29 is 0 Å². The molecule has 100 valence electrons. The molecule has 1 heterocycles. The van der Waals surface area contributed by atoms with Gasteiger partial charge in [0.1, 0.15) is 0 Å². The Hall–Kier alpha value is -1.06. The van der Waals surface area contributed by atoms with Gasteiger partial charge in [-0.2, -0.15) is 0 Å². The number of benzene rings is 1. The summed E-state index contributed by atoms with van der Waals surface area (Å²) in [5.41, 5.74) is 8.30. The average molecular weight is 247 g/mol. The van der Waals surface area contributed by atoms with E-state index in [2.05, 4.69) is 41.1 Å². The molecular weight excluding hydrogens is 222 g/mol. The fourth-order valence-corrected chi connectivity index (χ4v) is 2.48. The molecule has 1 aliphatic heterocycles. The van der Waals surface area contributed by atoms with Crippen molar-refractivity contribution in [2.45, 2.75) is 19.3 Å². The first kappa shape index (κ1) is 13.4. The molecule has 3 heteroatoms. The minimum absolute atomic E-state index is 0.778. The fourth-order valence-electron chi connectivity index (χ4n) is 2.48. The molecule has 1 aromatic rings. The minimum atomic E-state index is 0.778. The molecule has 0 amide bonds. The summed E-state index contributed by atoms with van der Waals surface area (Å²) in [7, 11) is 2.21. The van der Waals surface area contributed by atoms with Crippen molar-refractivity contribution in [1.82, 2.24) is 4.90 Å². The van der Waals surface area contributed by atoms with E-state index in [0.717, 1.165) is 32.5 Å². The summed E-state index contributed by atoms with van der Waals surface area (Å²) in [6.45, 7) is 5.46. The number of hydrogen-bond acceptors (Lipinski definition) is 3. The third-order valence-corrected chi connectivity index (χ3v) is 3.69. The predicted molar refractivity (Wildman–Crippen MR) is 78.1 cm³/mol. The summed E-state index contributed by atoms with van der Waals surface area (Å²) in [6, 6.07) is 9.02. The monoisotopic (exact) mass is 247 g/mol. The zero-order valence-corrected chi connectivity index (χ0v) is 11.4. The molecule has 2 N–H and O–H groups in total. The second-order valence-electron chi connectivity index (χ2n) is 5.20. The molecular formula is C15H25N3. The molecule has 2 rings (SSSR count). The summed E-state index contributed by atoms with van der Waals surface area (Å²) >= 11 is 0. The highest BCUT2D eigenvalue weighted by Gasteiger charge is 2.12. The van der Waals surface area contributed by atoms with E-state index in [1.54, 1.807) is 0 Å². The standard InChI is InChI=1S/C15H25N3/c1-17-10-3-11-18(13-12-17)15-7-5-14(6-8-15)4-2-9-16/h5-8H,2-4,9-13,16H2,1H3. The molecule has 0 radical (unpaired) electrons. The van der Waals surface area contributed by atoms with E-state index in [-0.39, 0.29) is 0 Å². The van der Waals surface area contributed by atoms with Crippen molar-refractivity contribution in [3.8, 4) is 0 Å². The molecule has 1 aliphatic rings. The largest absolute Gasteiger partial charge is 0.370 e. The van der Waals surface area contributed by atoms with Crippen LogP contribution in [0, 0.1) is 0 Å². The van der Waals surface area contributed by atoms with Gasteiger partial charge in [-0.25, -0.2) is 0 Å². The number of nitrogens with two attached hydrogens (primary N) is 1. The van der Waals surface area contributed by atoms with Gasteiger partial charge in [0.05, 0.1) is 0 Å². The van der Waals surface area contributed by atoms with E-state index < -0.39 is 0 Å². The molecule has 0 spiro atoms. The Kier molecular flexibility index (Phi) is 5.02. The van der Waals surface area contributed by atoms with Crippen LogP contribution in [-0.2, 0) is 6.42 Å². The molecule has 18 heavy (non-hydrogen) atoms. The van der Waals surface area contributed by atoms with Crippen molar-refractivity contribution in [3.63, 3.8) is 0 Å². The van der Waals surface area contributed by atoms with Gasteiger partial charge in [-0.05, 0) is 57.1 Å². The molecule has 0 aromatic heterocycles. The molecule has 1 aromatic carbocycles. The molecule has 0 aliphatic carbocycles. The third-order valence-electron chi connectivity index (χ3n) is 3.69. The highest BCUT2D eigenvalue weighted by atomic mass is 15.2. The molecule has 1 fully saturated rings. The van der Waals surface area contributed by atoms with Crippen LogP contribution < -0.4 is 10.6 Å². The summed E-state index contributed by atoms with van der Waals surface area (Å²) in [5, 5.41) is 0. The smallest absolute Gasteiger partial charge is 0.0366 e. The maximum Gasteiger partial charge on any atom is 0.0366 e. The average Bonchev–Trinajstić information content (AvgIpc) is 2.62. The Morgan fingerprint density at radius 3 is 2.56 bits per heavy atom. The topological polar surface area (TPSA) is 32.5 Å². The van der Waals surface area contributed by atoms with Gasteiger partial charge in [0, 0.05) is 25.3 Å². The van der Waals surface area contributed by atoms with E-state index >= 15 is 0 Å². The first-order valence-corrected chi connectivity index (χ1v) is 7.02. The summed E-state index contributed by atoms with van der Waals surface area (Å²) in [4.78, 5) is 4.91. The van der Waals surface area contributed by atoms with Crippen LogP contribution in [0.15, 0.2) is 24.3 Å². The lowest BCUT2D eigenvalue weighted by molar-refractivity contribution is 0.360. The van der Waals surface area contributed by atoms with Crippen LogP contribution in [0.3, 0.4) is 0 Å². The van der Waals surface area contributed by atoms with Gasteiger partial charge < -0.3 is 15.5 Å². The highest BCUT2D eigenvalue weighted by molar-refractivity contribution is 5.47. The number of likely N-dealkylation sites (N-methyl/N-ethyl adjacent to an activating group) is 1. The van der Waals surface area contributed by atoms with Crippen molar-refractivity contribution in [3.05, 3.63) is 29.8 Å². The van der Waals surface area contributed by atoms with Crippen LogP contribution in [0.25, 0.3) is 0 Å². The Morgan fingerprint density at radius 1 is 1.06 bits per heavy atom. The van der Waals surface area contributed by atoms with Crippen molar-refractivity contribution in [1.29, 1.82) is 0 Å². The van der Waals surface area contributed by atoms with Crippen molar-refractivity contribution in [2.24, 2.45) is 5.73 Å². The lowest BCUT2D eigenvalue weighted by atomic mass is 10.1. The van der Waals surface area contributed by atoms with Crippen molar-refractivity contribution in [2.75, 3.05) is 44.7 Å². The summed E-state index contributed by atoms with van der Waals surface area (Å²) < 4.78 is 0. The van der Waals surface area contributed by atoms with Crippen LogP contribution in [0.4, 0.5) is 5.69 Å². The van der Waals surface area contributed by atoms with E-state index in [1.807, 2.05) is 0 Å². The first-order valence-electron chi connectivity index (χ1n) is 7.02. The summed E-state index contributed by atoms with van der Waals surface area (Å²) in [5.74, 6) is 0. The molecule has 0 bridgehead atoms. The van der Waals surface area contributed by atoms with Crippen LogP contribution in [0.1, 0.15) is 18.4 Å². The molecule has 0 saturated carbocycles. The number of anilines is 1. The van der Waals surface area contributed by atoms with E-state index in [0.29, 0.717) is 0 Å². The fraction of sp³-hybridized carbons (Fsp3) is 0.600. The van der Waals surface area contributed by atoms with Gasteiger partial charge in [-0.15, -0.1) is 0 Å². The zero-order chi connectivity index (χ0) is 12.8. The van der Waals surface area contributed by atoms with Crippen LogP contribution in [-0.4, -0.2) is 44.7 Å². The zero-order valence-electron chi connectivity index (χ0n) is 11.4. The maximum absolute atomic E-state index is 5.54. The second-order valence-corrected chi connectivity index (χ2v) is 5.20. The minimum Gasteiger partial charge on any atom is -0.370 e.